The summed E-state index contributed by atoms with van der Waals surface area (Å²) in [5.41, 5.74) is 8.24. The van der Waals surface area contributed by atoms with Gasteiger partial charge in [-0.1, -0.05) is 0 Å². The van der Waals surface area contributed by atoms with Crippen LogP contribution in [0.1, 0.15) is 12.1 Å². The van der Waals surface area contributed by atoms with Crippen molar-refractivity contribution in [3.05, 3.63) is 11.9 Å². The van der Waals surface area contributed by atoms with Crippen molar-refractivity contribution >= 4 is 5.69 Å². The fraction of sp³-hybridized carbons (Fsp3) is 0.625. The highest BCUT2D eigenvalue weighted by Gasteiger charge is 2.14. The maximum Gasteiger partial charge on any atom is 0.0759 e. The van der Waals surface area contributed by atoms with Gasteiger partial charge in [0.15, 0.2) is 0 Å². The van der Waals surface area contributed by atoms with Crippen LogP contribution in [0.4, 0.5) is 5.69 Å². The van der Waals surface area contributed by atoms with Crippen LogP contribution in [-0.2, 0) is 13.5 Å². The molecular formula is C8H14N4. The van der Waals surface area contributed by atoms with Crippen LogP contribution < -0.4 is 11.1 Å². The lowest BCUT2D eigenvalue weighted by molar-refractivity contribution is 0.620. The van der Waals surface area contributed by atoms with E-state index in [1.807, 2.05) is 17.9 Å². The predicted molar refractivity (Wildman–Crippen MR) is 48.0 cm³/mol. The third-order valence-electron chi connectivity index (χ3n) is 2.37. The Morgan fingerprint density at radius 3 is 3.42 bits per heavy atom. The standard InChI is InChI=1S/C8H14N4/c1-12-8-3-2-6(9)4-10-7(8)5-11-12/h5-6,10H,2-4,9H2,1H3/t6-/m0/s1. The van der Waals surface area contributed by atoms with Crippen molar-refractivity contribution in [2.45, 2.75) is 18.9 Å². The number of nitrogens with one attached hydrogen (secondary N) is 1. The van der Waals surface area contributed by atoms with Crippen molar-refractivity contribution in [2.75, 3.05) is 11.9 Å². The third kappa shape index (κ3) is 1.18. The number of aryl methyl sites for hydroxylation is 1. The van der Waals surface area contributed by atoms with Crippen molar-refractivity contribution in [3.8, 4) is 0 Å². The van der Waals surface area contributed by atoms with E-state index in [1.165, 1.54) is 5.69 Å². The summed E-state index contributed by atoms with van der Waals surface area (Å²) >= 11 is 0. The first-order chi connectivity index (χ1) is 5.77. The summed E-state index contributed by atoms with van der Waals surface area (Å²) in [7, 11) is 1.97. The SMILES string of the molecule is Cn1ncc2c1CC[C@H](N)CN2. The number of rotatable bonds is 0. The van der Waals surface area contributed by atoms with Gasteiger partial charge in [0.2, 0.25) is 0 Å². The molecule has 0 fully saturated rings. The number of nitrogens with two attached hydrogens (primary N) is 1. The molecular weight excluding hydrogens is 152 g/mol. The number of hydrogen-bond donors (Lipinski definition) is 2. The molecule has 1 aliphatic rings. The van der Waals surface area contributed by atoms with Crippen LogP contribution in [0.5, 0.6) is 0 Å². The van der Waals surface area contributed by atoms with Gasteiger partial charge in [-0.15, -0.1) is 0 Å². The Labute approximate surface area is 71.7 Å². The van der Waals surface area contributed by atoms with Crippen molar-refractivity contribution in [1.29, 1.82) is 0 Å². The normalized spacial score (nSPS) is 22.7. The van der Waals surface area contributed by atoms with Crippen molar-refractivity contribution < 1.29 is 0 Å². The quantitative estimate of drug-likeness (QED) is 0.575. The molecule has 0 saturated carbocycles. The van der Waals surface area contributed by atoms with Gasteiger partial charge in [0.25, 0.3) is 0 Å². The molecule has 0 amide bonds. The van der Waals surface area contributed by atoms with E-state index < -0.39 is 0 Å². The molecule has 0 bridgehead atoms. The summed E-state index contributed by atoms with van der Waals surface area (Å²) in [6.07, 6.45) is 3.94. The van der Waals surface area contributed by atoms with Crippen LogP contribution in [0.15, 0.2) is 6.20 Å². The fourth-order valence-corrected chi connectivity index (χ4v) is 1.57. The molecule has 4 heteroatoms. The monoisotopic (exact) mass is 166 g/mol. The zero-order chi connectivity index (χ0) is 8.55. The van der Waals surface area contributed by atoms with E-state index in [4.69, 9.17) is 5.73 Å². The maximum absolute atomic E-state index is 5.83. The molecule has 66 valence electrons. The molecule has 1 aromatic rings. The molecule has 0 aromatic carbocycles. The van der Waals surface area contributed by atoms with Gasteiger partial charge in [0.1, 0.15) is 0 Å². The zero-order valence-electron chi connectivity index (χ0n) is 7.25. The number of hydrogen-bond acceptors (Lipinski definition) is 3. The number of fused-ring (bicyclic) bond motifs is 1. The highest BCUT2D eigenvalue weighted by Crippen LogP contribution is 2.19. The summed E-state index contributed by atoms with van der Waals surface area (Å²) in [6, 6.07) is 0.275. The number of nitrogens with zero attached hydrogens (tertiary/aromatic N) is 2. The lowest BCUT2D eigenvalue weighted by Crippen LogP contribution is -2.27. The first kappa shape index (κ1) is 7.61. The minimum Gasteiger partial charge on any atom is -0.381 e. The molecule has 2 rings (SSSR count). The average molecular weight is 166 g/mol. The van der Waals surface area contributed by atoms with Crippen LogP contribution >= 0.6 is 0 Å². The van der Waals surface area contributed by atoms with Gasteiger partial charge < -0.3 is 11.1 Å². The van der Waals surface area contributed by atoms with E-state index in [-0.39, 0.29) is 6.04 Å². The predicted octanol–water partition coefficient (Wildman–Crippen LogP) is 0.106. The van der Waals surface area contributed by atoms with Crippen LogP contribution in [0.3, 0.4) is 0 Å². The lowest BCUT2D eigenvalue weighted by atomic mass is 10.1. The Kier molecular flexibility index (Phi) is 1.77. The van der Waals surface area contributed by atoms with Crippen LogP contribution in [0, 0.1) is 0 Å². The molecule has 0 spiro atoms. The highest BCUT2D eigenvalue weighted by atomic mass is 15.3. The Morgan fingerprint density at radius 2 is 2.58 bits per heavy atom. The first-order valence-corrected chi connectivity index (χ1v) is 4.27. The summed E-state index contributed by atoms with van der Waals surface area (Å²) in [4.78, 5) is 0. The van der Waals surface area contributed by atoms with E-state index in [1.54, 1.807) is 0 Å². The number of aromatic nitrogens is 2. The molecule has 1 aromatic heterocycles. The third-order valence-corrected chi connectivity index (χ3v) is 2.37. The molecule has 0 unspecified atom stereocenters. The molecule has 2 heterocycles. The van der Waals surface area contributed by atoms with Crippen molar-refractivity contribution in [2.24, 2.45) is 12.8 Å². The lowest BCUT2D eigenvalue weighted by Gasteiger charge is -2.06. The maximum atomic E-state index is 5.83. The van der Waals surface area contributed by atoms with Crippen molar-refractivity contribution in [1.82, 2.24) is 9.78 Å². The molecule has 0 saturated heterocycles. The molecule has 12 heavy (non-hydrogen) atoms. The molecule has 0 radical (unpaired) electrons. The average Bonchev–Trinajstić information content (AvgIpc) is 2.28. The number of anilines is 1. The van der Waals surface area contributed by atoms with Gasteiger partial charge in [0, 0.05) is 19.6 Å². The smallest absolute Gasteiger partial charge is 0.0759 e. The fourth-order valence-electron chi connectivity index (χ4n) is 1.57. The summed E-state index contributed by atoms with van der Waals surface area (Å²) in [5.74, 6) is 0. The van der Waals surface area contributed by atoms with E-state index >= 15 is 0 Å². The van der Waals surface area contributed by atoms with Crippen LogP contribution in [0.25, 0.3) is 0 Å². The summed E-state index contributed by atoms with van der Waals surface area (Å²) in [5, 5.41) is 7.47. The second kappa shape index (κ2) is 2.79. The molecule has 0 aliphatic carbocycles. The molecule has 1 aliphatic heterocycles. The van der Waals surface area contributed by atoms with Gasteiger partial charge in [-0.3, -0.25) is 4.68 Å². The minimum atomic E-state index is 0.275. The van der Waals surface area contributed by atoms with E-state index in [2.05, 4.69) is 10.4 Å². The van der Waals surface area contributed by atoms with Gasteiger partial charge in [-0.25, -0.2) is 0 Å². The van der Waals surface area contributed by atoms with E-state index in [0.29, 0.717) is 0 Å². The first-order valence-electron chi connectivity index (χ1n) is 4.27. The second-order valence-electron chi connectivity index (χ2n) is 3.31. The zero-order valence-corrected chi connectivity index (χ0v) is 7.25. The molecule has 4 nitrogen and oxygen atoms in total. The minimum absolute atomic E-state index is 0.275. The van der Waals surface area contributed by atoms with Gasteiger partial charge in [0.05, 0.1) is 17.6 Å². The van der Waals surface area contributed by atoms with Gasteiger partial charge >= 0.3 is 0 Å². The van der Waals surface area contributed by atoms with E-state index in [9.17, 15) is 0 Å². The molecule has 3 N–H and O–H groups in total. The van der Waals surface area contributed by atoms with Crippen LogP contribution in [-0.4, -0.2) is 22.4 Å². The molecule has 1 atom stereocenters. The summed E-state index contributed by atoms with van der Waals surface area (Å²) < 4.78 is 1.92. The Hall–Kier alpha value is -1.03. The Morgan fingerprint density at radius 1 is 1.75 bits per heavy atom. The second-order valence-corrected chi connectivity index (χ2v) is 3.31. The Bertz CT molecular complexity index is 279. The van der Waals surface area contributed by atoms with Crippen LogP contribution in [0.2, 0.25) is 0 Å². The topological polar surface area (TPSA) is 55.9 Å². The van der Waals surface area contributed by atoms with Crippen molar-refractivity contribution in [3.63, 3.8) is 0 Å². The van der Waals surface area contributed by atoms with Gasteiger partial charge in [-0.2, -0.15) is 5.10 Å². The largest absolute Gasteiger partial charge is 0.381 e. The Balaban J connectivity index is 2.28. The summed E-state index contributed by atoms with van der Waals surface area (Å²) in [6.45, 7) is 0.860. The van der Waals surface area contributed by atoms with Gasteiger partial charge in [-0.05, 0) is 12.8 Å². The van der Waals surface area contributed by atoms with E-state index in [0.717, 1.165) is 25.1 Å². The highest BCUT2D eigenvalue weighted by molar-refractivity contribution is 5.47.